The van der Waals surface area contributed by atoms with Gasteiger partial charge >= 0.3 is 0 Å². The zero-order valence-corrected chi connectivity index (χ0v) is 11.4. The van der Waals surface area contributed by atoms with E-state index in [0.717, 1.165) is 0 Å². The maximum atomic E-state index is 13.7. The van der Waals surface area contributed by atoms with Gasteiger partial charge in [0.2, 0.25) is 0 Å². The number of para-hydroxylation sites is 1. The summed E-state index contributed by atoms with van der Waals surface area (Å²) in [5, 5.41) is 2.84. The molecule has 0 fully saturated rings. The molecule has 98 valence electrons. The van der Waals surface area contributed by atoms with Gasteiger partial charge in [-0.25, -0.2) is 4.39 Å². The lowest BCUT2D eigenvalue weighted by atomic mass is 10.1. The Labute approximate surface area is 117 Å². The zero-order chi connectivity index (χ0) is 14.0. The topological polar surface area (TPSA) is 81.1 Å². The molecule has 2 aromatic rings. The average Bonchev–Trinajstić information content (AvgIpc) is 2.35. The Morgan fingerprint density at radius 3 is 2.63 bits per heavy atom. The summed E-state index contributed by atoms with van der Waals surface area (Å²) in [7, 11) is 0. The number of nitrogen functional groups attached to an aromatic ring is 1. The van der Waals surface area contributed by atoms with E-state index in [0.29, 0.717) is 15.8 Å². The molecule has 1 amide bonds. The normalized spacial score (nSPS) is 10.2. The highest BCUT2D eigenvalue weighted by Gasteiger charge is 2.12. The van der Waals surface area contributed by atoms with Gasteiger partial charge in [-0.2, -0.15) is 0 Å². The monoisotopic (exact) mass is 323 g/mol. The number of benzene rings is 2. The highest BCUT2D eigenvalue weighted by atomic mass is 79.9. The van der Waals surface area contributed by atoms with Gasteiger partial charge in [0.05, 0.1) is 16.9 Å². The molecule has 0 aliphatic heterocycles. The van der Waals surface area contributed by atoms with E-state index >= 15 is 0 Å². The van der Waals surface area contributed by atoms with Gasteiger partial charge in [-0.1, -0.05) is 6.07 Å². The van der Waals surface area contributed by atoms with E-state index in [-0.39, 0.29) is 11.3 Å². The van der Waals surface area contributed by atoms with E-state index in [1.165, 1.54) is 12.1 Å². The summed E-state index contributed by atoms with van der Waals surface area (Å²) in [5.74, 6) is -1.08. The Kier molecular flexibility index (Phi) is 3.71. The summed E-state index contributed by atoms with van der Waals surface area (Å²) in [6, 6.07) is 9.20. The highest BCUT2D eigenvalue weighted by Crippen LogP contribution is 2.30. The Bertz CT molecular complexity index is 626. The number of primary amides is 1. The predicted octanol–water partition coefficient (Wildman–Crippen LogP) is 3.01. The van der Waals surface area contributed by atoms with Crippen molar-refractivity contribution in [2.45, 2.75) is 0 Å². The standard InChI is InChI=1S/C13H11BrFN3O/c14-9-2-1-3-10(15)12(9)18-11-5-4-7(16)6-8(11)13(17)19/h1-6,18H,16H2,(H2,17,19). The lowest BCUT2D eigenvalue weighted by Crippen LogP contribution is -2.14. The van der Waals surface area contributed by atoms with Gasteiger partial charge in [-0.05, 0) is 46.3 Å². The van der Waals surface area contributed by atoms with Crippen LogP contribution in [0.3, 0.4) is 0 Å². The van der Waals surface area contributed by atoms with Crippen LogP contribution in [0.2, 0.25) is 0 Å². The minimum absolute atomic E-state index is 0.204. The third-order valence-corrected chi connectivity index (χ3v) is 3.19. The van der Waals surface area contributed by atoms with Crippen molar-refractivity contribution >= 4 is 38.9 Å². The van der Waals surface area contributed by atoms with E-state index in [2.05, 4.69) is 21.2 Å². The van der Waals surface area contributed by atoms with E-state index < -0.39 is 11.7 Å². The number of hydrogen-bond donors (Lipinski definition) is 3. The van der Waals surface area contributed by atoms with Crippen LogP contribution in [0.4, 0.5) is 21.5 Å². The molecule has 0 spiro atoms. The molecule has 0 aromatic heterocycles. The van der Waals surface area contributed by atoms with Crippen molar-refractivity contribution in [3.63, 3.8) is 0 Å². The first-order valence-corrected chi connectivity index (χ1v) is 6.18. The number of hydrogen-bond acceptors (Lipinski definition) is 3. The van der Waals surface area contributed by atoms with E-state index in [4.69, 9.17) is 11.5 Å². The SMILES string of the molecule is NC(=O)c1cc(N)ccc1Nc1c(F)cccc1Br. The molecule has 0 saturated heterocycles. The van der Waals surface area contributed by atoms with Crippen molar-refractivity contribution in [2.75, 3.05) is 11.1 Å². The minimum atomic E-state index is -0.637. The largest absolute Gasteiger partial charge is 0.399 e. The van der Waals surface area contributed by atoms with Crippen molar-refractivity contribution in [1.29, 1.82) is 0 Å². The fraction of sp³-hybridized carbons (Fsp3) is 0. The van der Waals surface area contributed by atoms with Crippen LogP contribution in [0.5, 0.6) is 0 Å². The summed E-state index contributed by atoms with van der Waals surface area (Å²) < 4.78 is 14.3. The van der Waals surface area contributed by atoms with Gasteiger partial charge in [0.25, 0.3) is 5.91 Å². The van der Waals surface area contributed by atoms with Gasteiger partial charge in [-0.3, -0.25) is 4.79 Å². The summed E-state index contributed by atoms with van der Waals surface area (Å²) >= 11 is 3.24. The molecule has 0 saturated carbocycles. The molecule has 2 rings (SSSR count). The lowest BCUT2D eigenvalue weighted by Gasteiger charge is -2.13. The predicted molar refractivity (Wildman–Crippen MR) is 76.8 cm³/mol. The second-order valence-corrected chi connectivity index (χ2v) is 4.75. The summed E-state index contributed by atoms with van der Waals surface area (Å²) in [6.07, 6.45) is 0. The lowest BCUT2D eigenvalue weighted by molar-refractivity contribution is 0.100. The maximum absolute atomic E-state index is 13.7. The van der Waals surface area contributed by atoms with Gasteiger partial charge in [-0.15, -0.1) is 0 Å². The van der Waals surface area contributed by atoms with Crippen LogP contribution in [-0.4, -0.2) is 5.91 Å². The van der Waals surface area contributed by atoms with Crippen molar-refractivity contribution in [2.24, 2.45) is 5.73 Å². The van der Waals surface area contributed by atoms with Gasteiger partial charge in [0, 0.05) is 10.2 Å². The van der Waals surface area contributed by atoms with Crippen molar-refractivity contribution < 1.29 is 9.18 Å². The number of rotatable bonds is 3. The van der Waals surface area contributed by atoms with Crippen LogP contribution >= 0.6 is 15.9 Å². The summed E-state index contributed by atoms with van der Waals surface area (Å²) in [6.45, 7) is 0. The first-order chi connectivity index (χ1) is 8.99. The fourth-order valence-electron chi connectivity index (χ4n) is 1.63. The van der Waals surface area contributed by atoms with E-state index in [1.54, 1.807) is 24.3 Å². The Hall–Kier alpha value is -2.08. The van der Waals surface area contributed by atoms with Crippen LogP contribution in [0.1, 0.15) is 10.4 Å². The summed E-state index contributed by atoms with van der Waals surface area (Å²) in [5.41, 5.74) is 12.1. The molecular formula is C13H11BrFN3O. The van der Waals surface area contributed by atoms with Crippen LogP contribution in [0.15, 0.2) is 40.9 Å². The summed E-state index contributed by atoms with van der Waals surface area (Å²) in [4.78, 5) is 11.4. The smallest absolute Gasteiger partial charge is 0.250 e. The molecule has 0 unspecified atom stereocenters. The van der Waals surface area contributed by atoms with Gasteiger partial charge in [0.1, 0.15) is 5.82 Å². The molecule has 4 nitrogen and oxygen atoms in total. The number of nitrogens with one attached hydrogen (secondary N) is 1. The van der Waals surface area contributed by atoms with Gasteiger partial charge in [0.15, 0.2) is 0 Å². The number of carbonyl (C=O) groups excluding carboxylic acids is 1. The van der Waals surface area contributed by atoms with Crippen molar-refractivity contribution in [1.82, 2.24) is 0 Å². The average molecular weight is 324 g/mol. The second-order valence-electron chi connectivity index (χ2n) is 3.89. The number of nitrogens with two attached hydrogens (primary N) is 2. The molecule has 0 heterocycles. The maximum Gasteiger partial charge on any atom is 0.250 e. The molecule has 0 radical (unpaired) electrons. The molecule has 0 atom stereocenters. The third-order valence-electron chi connectivity index (χ3n) is 2.53. The third kappa shape index (κ3) is 2.85. The molecule has 19 heavy (non-hydrogen) atoms. The molecule has 0 aliphatic carbocycles. The first kappa shape index (κ1) is 13.4. The molecule has 6 heteroatoms. The van der Waals surface area contributed by atoms with E-state index in [1.807, 2.05) is 0 Å². The number of anilines is 3. The highest BCUT2D eigenvalue weighted by molar-refractivity contribution is 9.10. The molecule has 5 N–H and O–H groups in total. The number of halogens is 2. The molecular weight excluding hydrogens is 313 g/mol. The molecule has 0 bridgehead atoms. The Balaban J connectivity index is 2.47. The zero-order valence-electron chi connectivity index (χ0n) is 9.78. The van der Waals surface area contributed by atoms with Crippen molar-refractivity contribution in [3.8, 4) is 0 Å². The fourth-order valence-corrected chi connectivity index (χ4v) is 2.07. The van der Waals surface area contributed by atoms with Crippen LogP contribution in [0.25, 0.3) is 0 Å². The van der Waals surface area contributed by atoms with Crippen LogP contribution in [-0.2, 0) is 0 Å². The molecule has 0 aliphatic rings. The van der Waals surface area contributed by atoms with E-state index in [9.17, 15) is 9.18 Å². The second kappa shape index (κ2) is 5.27. The minimum Gasteiger partial charge on any atom is -0.399 e. The Morgan fingerprint density at radius 1 is 1.26 bits per heavy atom. The number of amides is 1. The van der Waals surface area contributed by atoms with Crippen LogP contribution < -0.4 is 16.8 Å². The number of carbonyl (C=O) groups is 1. The van der Waals surface area contributed by atoms with Gasteiger partial charge < -0.3 is 16.8 Å². The quantitative estimate of drug-likeness (QED) is 0.759. The molecule has 2 aromatic carbocycles. The van der Waals surface area contributed by atoms with Crippen molar-refractivity contribution in [3.05, 3.63) is 52.3 Å². The van der Waals surface area contributed by atoms with Crippen LogP contribution in [0, 0.1) is 5.82 Å². The first-order valence-electron chi connectivity index (χ1n) is 5.39. The Morgan fingerprint density at radius 2 is 2.00 bits per heavy atom.